The third-order valence-electron chi connectivity index (χ3n) is 2.80. The second-order valence-electron chi connectivity index (χ2n) is 5.26. The van der Waals surface area contributed by atoms with Gasteiger partial charge in [0.25, 0.3) is 0 Å². The molecule has 0 heterocycles. The van der Waals surface area contributed by atoms with Gasteiger partial charge in [-0.05, 0) is 30.2 Å². The predicted octanol–water partition coefficient (Wildman–Crippen LogP) is 4.08. The number of benzene rings is 2. The molecule has 0 saturated carbocycles. The minimum atomic E-state index is -1.08. The summed E-state index contributed by atoms with van der Waals surface area (Å²) in [5.74, 6) is 0.167. The summed E-state index contributed by atoms with van der Waals surface area (Å²) in [5, 5.41) is 0. The van der Waals surface area contributed by atoms with Gasteiger partial charge in [0.1, 0.15) is 17.1 Å². The molecule has 120 valence electrons. The molecule has 0 spiro atoms. The number of carbonyl (C=O) groups excluding carboxylic acids is 2. The molecule has 0 bridgehead atoms. The first-order valence-corrected chi connectivity index (χ1v) is 7.27. The van der Waals surface area contributed by atoms with Crippen LogP contribution in [-0.2, 0) is 4.74 Å². The van der Waals surface area contributed by atoms with Crippen LogP contribution < -0.4 is 9.47 Å². The van der Waals surface area contributed by atoms with Crippen molar-refractivity contribution in [3.63, 3.8) is 0 Å². The monoisotopic (exact) mass is 314 g/mol. The van der Waals surface area contributed by atoms with Gasteiger partial charge in [0.15, 0.2) is 0 Å². The van der Waals surface area contributed by atoms with E-state index in [1.165, 1.54) is 6.07 Å². The number of hydrogen-bond acceptors (Lipinski definition) is 5. The maximum absolute atomic E-state index is 12.1. The minimum Gasteiger partial charge on any atom is -0.492 e. The van der Waals surface area contributed by atoms with Crippen LogP contribution in [0.15, 0.2) is 54.6 Å². The van der Waals surface area contributed by atoms with Crippen molar-refractivity contribution in [3.05, 3.63) is 60.2 Å². The average molecular weight is 314 g/mol. The molecule has 0 radical (unpaired) electrons. The summed E-state index contributed by atoms with van der Waals surface area (Å²) in [6, 6.07) is 15.0. The SMILES string of the molecule is CC(C)COc1ccccc1C(=O)OC(=O)Oc1ccccc1. The Balaban J connectivity index is 2.01. The van der Waals surface area contributed by atoms with Gasteiger partial charge in [0.05, 0.1) is 6.61 Å². The average Bonchev–Trinajstić information content (AvgIpc) is 2.54. The van der Waals surface area contributed by atoms with Crippen LogP contribution in [0.1, 0.15) is 24.2 Å². The summed E-state index contributed by atoms with van der Waals surface area (Å²) in [6.45, 7) is 4.45. The van der Waals surface area contributed by atoms with E-state index in [2.05, 4.69) is 0 Å². The first-order valence-electron chi connectivity index (χ1n) is 7.27. The molecule has 0 saturated heterocycles. The quantitative estimate of drug-likeness (QED) is 0.473. The van der Waals surface area contributed by atoms with Crippen LogP contribution in [0.3, 0.4) is 0 Å². The highest BCUT2D eigenvalue weighted by molar-refractivity contribution is 5.97. The summed E-state index contributed by atoms with van der Waals surface area (Å²) in [7, 11) is 0. The second kappa shape index (κ2) is 7.98. The zero-order valence-electron chi connectivity index (χ0n) is 13.0. The van der Waals surface area contributed by atoms with E-state index in [9.17, 15) is 9.59 Å². The Morgan fingerprint density at radius 3 is 2.30 bits per heavy atom. The molecule has 0 fully saturated rings. The van der Waals surface area contributed by atoms with Gasteiger partial charge in [0.2, 0.25) is 0 Å². The van der Waals surface area contributed by atoms with E-state index in [1.54, 1.807) is 48.5 Å². The fourth-order valence-electron chi connectivity index (χ4n) is 1.75. The van der Waals surface area contributed by atoms with Crippen molar-refractivity contribution >= 4 is 12.1 Å². The topological polar surface area (TPSA) is 61.8 Å². The van der Waals surface area contributed by atoms with Gasteiger partial charge in [-0.1, -0.05) is 44.2 Å². The molecule has 2 aromatic carbocycles. The van der Waals surface area contributed by atoms with E-state index in [0.29, 0.717) is 24.0 Å². The minimum absolute atomic E-state index is 0.179. The Hall–Kier alpha value is -2.82. The number of esters is 1. The van der Waals surface area contributed by atoms with Crippen LogP contribution in [0.4, 0.5) is 4.79 Å². The maximum atomic E-state index is 12.1. The lowest BCUT2D eigenvalue weighted by Gasteiger charge is -2.12. The molecule has 0 amide bonds. The Morgan fingerprint density at radius 1 is 0.957 bits per heavy atom. The van der Waals surface area contributed by atoms with E-state index in [-0.39, 0.29) is 5.56 Å². The summed E-state index contributed by atoms with van der Waals surface area (Å²) in [5.41, 5.74) is 0.179. The fraction of sp³-hybridized carbons (Fsp3) is 0.222. The predicted molar refractivity (Wildman–Crippen MR) is 84.7 cm³/mol. The molecular weight excluding hydrogens is 296 g/mol. The molecule has 5 heteroatoms. The van der Waals surface area contributed by atoms with Crippen LogP contribution in [-0.4, -0.2) is 18.7 Å². The highest BCUT2D eigenvalue weighted by atomic mass is 16.7. The van der Waals surface area contributed by atoms with E-state index in [0.717, 1.165) is 0 Å². The van der Waals surface area contributed by atoms with Crippen molar-refractivity contribution in [2.45, 2.75) is 13.8 Å². The third kappa shape index (κ3) is 5.14. The Bertz CT molecular complexity index is 664. The highest BCUT2D eigenvalue weighted by Crippen LogP contribution is 2.20. The zero-order valence-corrected chi connectivity index (χ0v) is 13.0. The van der Waals surface area contributed by atoms with Gasteiger partial charge in [-0.3, -0.25) is 0 Å². The Labute approximate surface area is 134 Å². The molecule has 0 atom stereocenters. The number of ether oxygens (including phenoxy) is 3. The fourth-order valence-corrected chi connectivity index (χ4v) is 1.75. The van der Waals surface area contributed by atoms with Crippen LogP contribution in [0, 0.1) is 5.92 Å². The molecule has 0 aromatic heterocycles. The molecule has 0 unspecified atom stereocenters. The lowest BCUT2D eigenvalue weighted by Crippen LogP contribution is -2.17. The Kier molecular flexibility index (Phi) is 5.74. The molecule has 2 aromatic rings. The molecule has 2 rings (SSSR count). The molecule has 5 nitrogen and oxygen atoms in total. The van der Waals surface area contributed by atoms with Crippen molar-refractivity contribution in [1.29, 1.82) is 0 Å². The van der Waals surface area contributed by atoms with Crippen LogP contribution in [0.2, 0.25) is 0 Å². The van der Waals surface area contributed by atoms with Crippen molar-refractivity contribution in [2.75, 3.05) is 6.61 Å². The Morgan fingerprint density at radius 2 is 1.61 bits per heavy atom. The third-order valence-corrected chi connectivity index (χ3v) is 2.80. The first-order chi connectivity index (χ1) is 11.1. The molecule has 0 N–H and O–H groups in total. The van der Waals surface area contributed by atoms with Crippen LogP contribution >= 0.6 is 0 Å². The van der Waals surface area contributed by atoms with Crippen LogP contribution in [0.5, 0.6) is 11.5 Å². The summed E-state index contributed by atoms with van der Waals surface area (Å²) < 4.78 is 15.2. The van der Waals surface area contributed by atoms with Gasteiger partial charge in [-0.2, -0.15) is 0 Å². The van der Waals surface area contributed by atoms with E-state index in [1.807, 2.05) is 13.8 Å². The lowest BCUT2D eigenvalue weighted by atomic mass is 10.2. The van der Waals surface area contributed by atoms with Gasteiger partial charge < -0.3 is 14.2 Å². The molecule has 0 aliphatic heterocycles. The van der Waals surface area contributed by atoms with Crippen molar-refractivity contribution in [1.82, 2.24) is 0 Å². The van der Waals surface area contributed by atoms with E-state index >= 15 is 0 Å². The molecular formula is C18H18O5. The van der Waals surface area contributed by atoms with E-state index < -0.39 is 12.1 Å². The second-order valence-corrected chi connectivity index (χ2v) is 5.26. The largest absolute Gasteiger partial charge is 0.521 e. The van der Waals surface area contributed by atoms with E-state index in [4.69, 9.17) is 14.2 Å². The number of carbonyl (C=O) groups is 2. The highest BCUT2D eigenvalue weighted by Gasteiger charge is 2.19. The molecule has 23 heavy (non-hydrogen) atoms. The van der Waals surface area contributed by atoms with Gasteiger partial charge >= 0.3 is 12.1 Å². The van der Waals surface area contributed by atoms with Crippen molar-refractivity contribution in [3.8, 4) is 11.5 Å². The van der Waals surface area contributed by atoms with Gasteiger partial charge in [0, 0.05) is 0 Å². The van der Waals surface area contributed by atoms with Crippen molar-refractivity contribution in [2.24, 2.45) is 5.92 Å². The van der Waals surface area contributed by atoms with Crippen LogP contribution in [0.25, 0.3) is 0 Å². The lowest BCUT2D eigenvalue weighted by molar-refractivity contribution is 0.0525. The normalized spacial score (nSPS) is 10.2. The molecule has 0 aliphatic rings. The number of para-hydroxylation sites is 2. The smallest absolute Gasteiger partial charge is 0.492 e. The van der Waals surface area contributed by atoms with Crippen molar-refractivity contribution < 1.29 is 23.8 Å². The maximum Gasteiger partial charge on any atom is 0.521 e. The summed E-state index contributed by atoms with van der Waals surface area (Å²) in [4.78, 5) is 23.8. The van der Waals surface area contributed by atoms with Gasteiger partial charge in [-0.15, -0.1) is 0 Å². The standard InChI is InChI=1S/C18H18O5/c1-13(2)12-21-16-11-7-6-10-15(16)17(19)23-18(20)22-14-8-4-3-5-9-14/h3-11,13H,12H2,1-2H3. The summed E-state index contributed by atoms with van der Waals surface area (Å²) in [6.07, 6.45) is -1.08. The van der Waals surface area contributed by atoms with Gasteiger partial charge in [-0.25, -0.2) is 9.59 Å². The summed E-state index contributed by atoms with van der Waals surface area (Å²) >= 11 is 0. The zero-order chi connectivity index (χ0) is 16.7. The number of rotatable bonds is 5. The first kappa shape index (κ1) is 16.5. The number of hydrogen-bond donors (Lipinski definition) is 0. The molecule has 0 aliphatic carbocycles.